The van der Waals surface area contributed by atoms with Gasteiger partial charge in [0.15, 0.2) is 11.5 Å². The second kappa shape index (κ2) is 9.04. The van der Waals surface area contributed by atoms with Crippen molar-refractivity contribution in [1.82, 2.24) is 10.2 Å². The maximum Gasteiger partial charge on any atom is 0.247 e. The molecule has 158 valence electrons. The lowest BCUT2D eigenvalue weighted by Gasteiger charge is -2.37. The van der Waals surface area contributed by atoms with Gasteiger partial charge < -0.3 is 29.7 Å². The van der Waals surface area contributed by atoms with Gasteiger partial charge in [-0.1, -0.05) is 24.3 Å². The molecule has 0 aliphatic carbocycles. The van der Waals surface area contributed by atoms with Crippen molar-refractivity contribution >= 4 is 17.5 Å². The standard InChI is InChI=1S/C22H25N3O5/c26-14-18(23-21(27)13-16-6-7-19-20(12-16)30-15-29-19)22(28)25-10-8-24(9-11-25)17-4-2-1-3-5-17/h1-7,12,18,26H,8-11,13-15H2,(H,23,27)/t18-/m0/s1. The number of carbonyl (C=O) groups is 2. The SMILES string of the molecule is O=C(Cc1ccc2c(c1)OCO2)N[C@@H](CO)C(=O)N1CCN(c2ccccc2)CC1. The molecule has 2 amide bonds. The normalized spacial score (nSPS) is 16.3. The number of rotatable bonds is 6. The van der Waals surface area contributed by atoms with E-state index in [0.717, 1.165) is 11.3 Å². The lowest BCUT2D eigenvalue weighted by Crippen LogP contribution is -2.56. The summed E-state index contributed by atoms with van der Waals surface area (Å²) in [6.07, 6.45) is 0.0855. The molecule has 2 aromatic rings. The number of benzene rings is 2. The van der Waals surface area contributed by atoms with E-state index in [1.807, 2.05) is 30.3 Å². The Morgan fingerprint density at radius 3 is 2.47 bits per heavy atom. The van der Waals surface area contributed by atoms with E-state index >= 15 is 0 Å². The fourth-order valence-corrected chi connectivity index (χ4v) is 3.71. The van der Waals surface area contributed by atoms with E-state index in [4.69, 9.17) is 9.47 Å². The van der Waals surface area contributed by atoms with Crippen LogP contribution in [0.3, 0.4) is 0 Å². The number of aliphatic hydroxyl groups excluding tert-OH is 1. The van der Waals surface area contributed by atoms with Gasteiger partial charge in [0.25, 0.3) is 0 Å². The summed E-state index contributed by atoms with van der Waals surface area (Å²) in [5, 5.41) is 12.3. The largest absolute Gasteiger partial charge is 0.454 e. The summed E-state index contributed by atoms with van der Waals surface area (Å²) in [6.45, 7) is 2.23. The Hall–Kier alpha value is -3.26. The molecule has 0 bridgehead atoms. The predicted molar refractivity (Wildman–Crippen MR) is 111 cm³/mol. The molecular formula is C22H25N3O5. The highest BCUT2D eigenvalue weighted by molar-refractivity contribution is 5.88. The van der Waals surface area contributed by atoms with Crippen LogP contribution in [0.2, 0.25) is 0 Å². The van der Waals surface area contributed by atoms with Crippen LogP contribution >= 0.6 is 0 Å². The summed E-state index contributed by atoms with van der Waals surface area (Å²) in [7, 11) is 0. The second-order valence-corrected chi connectivity index (χ2v) is 7.31. The van der Waals surface area contributed by atoms with Crippen molar-refractivity contribution in [2.24, 2.45) is 0 Å². The first-order valence-corrected chi connectivity index (χ1v) is 10.0. The number of carbonyl (C=O) groups excluding carboxylic acids is 2. The van der Waals surface area contributed by atoms with E-state index in [2.05, 4.69) is 10.2 Å². The van der Waals surface area contributed by atoms with E-state index in [1.54, 1.807) is 23.1 Å². The lowest BCUT2D eigenvalue weighted by atomic mass is 10.1. The quantitative estimate of drug-likeness (QED) is 0.730. The summed E-state index contributed by atoms with van der Waals surface area (Å²) in [4.78, 5) is 29.2. The minimum absolute atomic E-state index is 0.0855. The Labute approximate surface area is 175 Å². The number of amides is 2. The number of piperazine rings is 1. The van der Waals surface area contributed by atoms with Gasteiger partial charge in [-0.15, -0.1) is 0 Å². The number of fused-ring (bicyclic) bond motifs is 1. The zero-order chi connectivity index (χ0) is 20.9. The van der Waals surface area contributed by atoms with E-state index < -0.39 is 12.6 Å². The van der Waals surface area contributed by atoms with Crippen molar-refractivity contribution in [3.63, 3.8) is 0 Å². The van der Waals surface area contributed by atoms with Crippen LogP contribution in [0.4, 0.5) is 5.69 Å². The van der Waals surface area contributed by atoms with Crippen LogP contribution in [0.1, 0.15) is 5.56 Å². The summed E-state index contributed by atoms with van der Waals surface area (Å²) < 4.78 is 10.6. The lowest BCUT2D eigenvalue weighted by molar-refractivity contribution is -0.137. The molecule has 2 aromatic carbocycles. The smallest absolute Gasteiger partial charge is 0.247 e. The number of ether oxygens (including phenoxy) is 2. The summed E-state index contributed by atoms with van der Waals surface area (Å²) in [5.74, 6) is 0.664. The van der Waals surface area contributed by atoms with Gasteiger partial charge in [0.2, 0.25) is 18.6 Å². The molecular weight excluding hydrogens is 386 g/mol. The van der Waals surface area contributed by atoms with Gasteiger partial charge in [-0.05, 0) is 29.8 Å². The monoisotopic (exact) mass is 411 g/mol. The van der Waals surface area contributed by atoms with Gasteiger partial charge in [0.05, 0.1) is 13.0 Å². The Kier molecular flexibility index (Phi) is 6.04. The molecule has 1 saturated heterocycles. The van der Waals surface area contributed by atoms with Crippen molar-refractivity contribution in [2.45, 2.75) is 12.5 Å². The number of nitrogens with one attached hydrogen (secondary N) is 1. The van der Waals surface area contributed by atoms with Crippen LogP contribution in [0.5, 0.6) is 11.5 Å². The third-order valence-electron chi connectivity index (χ3n) is 5.33. The second-order valence-electron chi connectivity index (χ2n) is 7.31. The first-order valence-electron chi connectivity index (χ1n) is 10.0. The molecule has 8 nitrogen and oxygen atoms in total. The maximum absolute atomic E-state index is 12.8. The molecule has 2 N–H and O–H groups in total. The van der Waals surface area contributed by atoms with Crippen LogP contribution in [0.15, 0.2) is 48.5 Å². The fraction of sp³-hybridized carbons (Fsp3) is 0.364. The number of para-hydroxylation sites is 1. The highest BCUT2D eigenvalue weighted by atomic mass is 16.7. The fourth-order valence-electron chi connectivity index (χ4n) is 3.71. The van der Waals surface area contributed by atoms with E-state index in [-0.39, 0.29) is 25.0 Å². The summed E-state index contributed by atoms with van der Waals surface area (Å²) in [6, 6.07) is 14.4. The molecule has 30 heavy (non-hydrogen) atoms. The number of aliphatic hydroxyl groups is 1. The highest BCUT2D eigenvalue weighted by Gasteiger charge is 2.28. The van der Waals surface area contributed by atoms with Crippen molar-refractivity contribution in [1.29, 1.82) is 0 Å². The van der Waals surface area contributed by atoms with E-state index in [1.165, 1.54) is 0 Å². The number of hydrogen-bond acceptors (Lipinski definition) is 6. The van der Waals surface area contributed by atoms with Crippen LogP contribution in [-0.2, 0) is 16.0 Å². The van der Waals surface area contributed by atoms with Gasteiger partial charge in [-0.25, -0.2) is 0 Å². The van der Waals surface area contributed by atoms with Gasteiger partial charge in [-0.3, -0.25) is 9.59 Å². The Balaban J connectivity index is 1.30. The van der Waals surface area contributed by atoms with Crippen molar-refractivity contribution in [3.05, 3.63) is 54.1 Å². The Morgan fingerprint density at radius 1 is 1.00 bits per heavy atom. The highest BCUT2D eigenvalue weighted by Crippen LogP contribution is 2.32. The third-order valence-corrected chi connectivity index (χ3v) is 5.33. The number of hydrogen-bond donors (Lipinski definition) is 2. The Bertz CT molecular complexity index is 897. The minimum Gasteiger partial charge on any atom is -0.454 e. The topological polar surface area (TPSA) is 91.3 Å². The van der Waals surface area contributed by atoms with Crippen LogP contribution in [0.25, 0.3) is 0 Å². The summed E-state index contributed by atoms with van der Waals surface area (Å²) >= 11 is 0. The van der Waals surface area contributed by atoms with Crippen LogP contribution in [-0.4, -0.2) is 67.4 Å². The molecule has 2 aliphatic rings. The van der Waals surface area contributed by atoms with E-state index in [9.17, 15) is 14.7 Å². The molecule has 0 saturated carbocycles. The average molecular weight is 411 g/mol. The molecule has 4 rings (SSSR count). The molecule has 0 spiro atoms. The molecule has 0 aromatic heterocycles. The number of anilines is 1. The minimum atomic E-state index is -0.949. The van der Waals surface area contributed by atoms with Crippen molar-refractivity contribution in [2.75, 3.05) is 44.5 Å². The number of nitrogens with zero attached hydrogens (tertiary/aromatic N) is 2. The third kappa shape index (κ3) is 4.49. The molecule has 1 atom stereocenters. The van der Waals surface area contributed by atoms with Gasteiger partial charge >= 0.3 is 0 Å². The maximum atomic E-state index is 12.8. The molecule has 8 heteroatoms. The molecule has 0 unspecified atom stereocenters. The van der Waals surface area contributed by atoms with Gasteiger partial charge in [0.1, 0.15) is 6.04 Å². The predicted octanol–water partition coefficient (Wildman–Crippen LogP) is 0.784. The first-order chi connectivity index (χ1) is 14.6. The van der Waals surface area contributed by atoms with Crippen LogP contribution < -0.4 is 19.7 Å². The zero-order valence-electron chi connectivity index (χ0n) is 16.6. The van der Waals surface area contributed by atoms with Gasteiger partial charge in [-0.2, -0.15) is 0 Å². The molecule has 2 heterocycles. The molecule has 0 radical (unpaired) electrons. The molecule has 2 aliphatic heterocycles. The van der Waals surface area contributed by atoms with Crippen molar-refractivity contribution < 1.29 is 24.2 Å². The van der Waals surface area contributed by atoms with E-state index in [0.29, 0.717) is 37.7 Å². The first kappa shape index (κ1) is 20.0. The molecule has 1 fully saturated rings. The van der Waals surface area contributed by atoms with Crippen LogP contribution in [0, 0.1) is 0 Å². The Morgan fingerprint density at radius 2 is 1.73 bits per heavy atom. The van der Waals surface area contributed by atoms with Crippen molar-refractivity contribution in [3.8, 4) is 11.5 Å². The van der Waals surface area contributed by atoms with Gasteiger partial charge in [0, 0.05) is 31.9 Å². The zero-order valence-corrected chi connectivity index (χ0v) is 16.6. The average Bonchev–Trinajstić information content (AvgIpc) is 3.25. The summed E-state index contributed by atoms with van der Waals surface area (Å²) in [5.41, 5.74) is 1.87.